The van der Waals surface area contributed by atoms with Gasteiger partial charge in [0.25, 0.3) is 0 Å². The normalized spacial score (nSPS) is 28.5. The lowest BCUT2D eigenvalue weighted by atomic mass is 9.73. The summed E-state index contributed by atoms with van der Waals surface area (Å²) in [5.41, 5.74) is 6.91. The fraction of sp³-hybridized carbons (Fsp3) is 0.667. The zero-order valence-corrected chi connectivity index (χ0v) is 7.62. The fourth-order valence-corrected chi connectivity index (χ4v) is 1.96. The molecule has 0 bridgehead atoms. The lowest BCUT2D eigenvalue weighted by Gasteiger charge is -2.33. The summed E-state index contributed by atoms with van der Waals surface area (Å²) in [6.45, 7) is 2.29. The predicted octanol–water partition coefficient (Wildman–Crippen LogP) is 1.52. The maximum atomic E-state index is 5.61. The van der Waals surface area contributed by atoms with E-state index in [2.05, 4.69) is 12.0 Å². The molecule has 1 heterocycles. The number of rotatable bonds is 1. The summed E-state index contributed by atoms with van der Waals surface area (Å²) in [7, 11) is 1.97. The summed E-state index contributed by atoms with van der Waals surface area (Å²) < 4.78 is 1.91. The minimum absolute atomic E-state index is 0.645. The summed E-state index contributed by atoms with van der Waals surface area (Å²) in [6, 6.07) is 2.00. The van der Waals surface area contributed by atoms with E-state index in [1.165, 1.54) is 18.5 Å². The van der Waals surface area contributed by atoms with Crippen LogP contribution in [0.25, 0.3) is 0 Å². The number of hydrogen-bond donors (Lipinski definition) is 1. The van der Waals surface area contributed by atoms with Crippen molar-refractivity contribution in [2.24, 2.45) is 13.0 Å². The molecule has 0 unspecified atom stereocenters. The summed E-state index contributed by atoms with van der Waals surface area (Å²) in [5, 5.41) is 4.14. The molecule has 1 aromatic heterocycles. The van der Waals surface area contributed by atoms with Crippen molar-refractivity contribution in [1.82, 2.24) is 9.78 Å². The molecular weight excluding hydrogens is 150 g/mol. The van der Waals surface area contributed by atoms with E-state index in [1.807, 2.05) is 17.8 Å². The van der Waals surface area contributed by atoms with Gasteiger partial charge in [0.15, 0.2) is 0 Å². The van der Waals surface area contributed by atoms with Crippen LogP contribution >= 0.6 is 0 Å². The van der Waals surface area contributed by atoms with Gasteiger partial charge in [0.2, 0.25) is 0 Å². The monoisotopic (exact) mass is 165 g/mol. The first-order chi connectivity index (χ1) is 5.68. The summed E-state index contributed by atoms with van der Waals surface area (Å²) >= 11 is 0. The van der Waals surface area contributed by atoms with Gasteiger partial charge in [0, 0.05) is 24.7 Å². The van der Waals surface area contributed by atoms with Crippen LogP contribution in [-0.2, 0) is 7.05 Å². The van der Waals surface area contributed by atoms with Crippen LogP contribution in [0.2, 0.25) is 0 Å². The van der Waals surface area contributed by atoms with Crippen LogP contribution in [0.1, 0.15) is 31.4 Å². The van der Waals surface area contributed by atoms with Gasteiger partial charge >= 0.3 is 0 Å². The molecule has 0 radical (unpaired) electrons. The third kappa shape index (κ3) is 1.00. The molecule has 2 atom stereocenters. The number of aryl methyl sites for hydroxylation is 1. The number of aromatic nitrogens is 2. The van der Waals surface area contributed by atoms with Crippen LogP contribution in [0.4, 0.5) is 5.82 Å². The fourth-order valence-electron chi connectivity index (χ4n) is 1.96. The first-order valence-corrected chi connectivity index (χ1v) is 4.48. The van der Waals surface area contributed by atoms with E-state index in [0.29, 0.717) is 11.7 Å². The first-order valence-electron chi connectivity index (χ1n) is 4.48. The molecule has 2 N–H and O–H groups in total. The zero-order chi connectivity index (χ0) is 8.72. The summed E-state index contributed by atoms with van der Waals surface area (Å²) in [5.74, 6) is 2.14. The molecule has 0 aromatic carbocycles. The van der Waals surface area contributed by atoms with Crippen molar-refractivity contribution in [3.63, 3.8) is 0 Å². The van der Waals surface area contributed by atoms with E-state index >= 15 is 0 Å². The smallest absolute Gasteiger partial charge is 0.145 e. The van der Waals surface area contributed by atoms with E-state index in [1.54, 1.807) is 0 Å². The number of hydrogen-bond acceptors (Lipinski definition) is 2. The van der Waals surface area contributed by atoms with Gasteiger partial charge in [-0.2, -0.15) is 5.10 Å². The second-order valence-corrected chi connectivity index (χ2v) is 3.78. The Morgan fingerprint density at radius 2 is 2.33 bits per heavy atom. The van der Waals surface area contributed by atoms with Crippen molar-refractivity contribution in [3.05, 3.63) is 11.8 Å². The van der Waals surface area contributed by atoms with Crippen LogP contribution in [0, 0.1) is 5.92 Å². The summed E-state index contributed by atoms with van der Waals surface area (Å²) in [4.78, 5) is 0. The van der Waals surface area contributed by atoms with E-state index in [-0.39, 0.29) is 0 Å². The van der Waals surface area contributed by atoms with Crippen molar-refractivity contribution >= 4 is 5.82 Å². The van der Waals surface area contributed by atoms with Crippen LogP contribution in [-0.4, -0.2) is 9.78 Å². The third-order valence-electron chi connectivity index (χ3n) is 2.93. The number of nitrogens with zero attached hydrogens (tertiary/aromatic N) is 2. The Hall–Kier alpha value is -0.990. The van der Waals surface area contributed by atoms with E-state index in [4.69, 9.17) is 5.73 Å². The highest BCUT2D eigenvalue weighted by molar-refractivity contribution is 5.32. The van der Waals surface area contributed by atoms with Gasteiger partial charge in [-0.05, 0) is 18.8 Å². The average molecular weight is 165 g/mol. The van der Waals surface area contributed by atoms with Crippen molar-refractivity contribution in [2.45, 2.75) is 25.7 Å². The van der Waals surface area contributed by atoms with Crippen molar-refractivity contribution in [1.29, 1.82) is 0 Å². The lowest BCUT2D eigenvalue weighted by Crippen LogP contribution is -2.22. The van der Waals surface area contributed by atoms with Crippen LogP contribution in [0.15, 0.2) is 6.07 Å². The standard InChI is InChI=1S/C9H15N3/c1-6-3-4-7(6)8-5-9(10)11-12(8)2/h5-7H,3-4H2,1-2H3,(H2,10,11)/t6-,7+/m1/s1. The van der Waals surface area contributed by atoms with Gasteiger partial charge in [-0.3, -0.25) is 4.68 Å². The highest BCUT2D eigenvalue weighted by Crippen LogP contribution is 2.42. The molecule has 0 saturated heterocycles. The molecular formula is C9H15N3. The minimum atomic E-state index is 0.645. The molecule has 1 aliphatic rings. The highest BCUT2D eigenvalue weighted by atomic mass is 15.3. The average Bonchev–Trinajstić information content (AvgIpc) is 2.28. The Morgan fingerprint density at radius 1 is 1.58 bits per heavy atom. The van der Waals surface area contributed by atoms with Crippen molar-refractivity contribution in [3.8, 4) is 0 Å². The molecule has 3 heteroatoms. The second kappa shape index (κ2) is 2.51. The number of anilines is 1. The van der Waals surface area contributed by atoms with Crippen molar-refractivity contribution in [2.75, 3.05) is 5.73 Å². The quantitative estimate of drug-likeness (QED) is 0.685. The molecule has 3 nitrogen and oxygen atoms in total. The van der Waals surface area contributed by atoms with Gasteiger partial charge in [-0.1, -0.05) is 6.92 Å². The molecule has 0 aliphatic heterocycles. The largest absolute Gasteiger partial charge is 0.382 e. The Labute approximate surface area is 72.6 Å². The molecule has 2 rings (SSSR count). The number of nitrogen functional groups attached to an aromatic ring is 1. The second-order valence-electron chi connectivity index (χ2n) is 3.78. The molecule has 0 spiro atoms. The molecule has 1 fully saturated rings. The van der Waals surface area contributed by atoms with Crippen molar-refractivity contribution < 1.29 is 0 Å². The lowest BCUT2D eigenvalue weighted by molar-refractivity contribution is 0.268. The van der Waals surface area contributed by atoms with Crippen LogP contribution in [0.3, 0.4) is 0 Å². The Balaban J connectivity index is 2.27. The maximum Gasteiger partial charge on any atom is 0.145 e. The molecule has 12 heavy (non-hydrogen) atoms. The van der Waals surface area contributed by atoms with Crippen LogP contribution < -0.4 is 5.73 Å². The van der Waals surface area contributed by atoms with Gasteiger partial charge in [0.1, 0.15) is 5.82 Å². The highest BCUT2D eigenvalue weighted by Gasteiger charge is 2.30. The van der Waals surface area contributed by atoms with E-state index < -0.39 is 0 Å². The van der Waals surface area contributed by atoms with E-state index in [0.717, 1.165) is 5.92 Å². The van der Waals surface area contributed by atoms with Gasteiger partial charge < -0.3 is 5.73 Å². The SMILES string of the molecule is C[C@@H]1CC[C@@H]1c1cc(N)nn1C. The Bertz CT molecular complexity index is 290. The van der Waals surface area contributed by atoms with Gasteiger partial charge in [-0.15, -0.1) is 0 Å². The van der Waals surface area contributed by atoms with Crippen LogP contribution in [0.5, 0.6) is 0 Å². The molecule has 0 amide bonds. The summed E-state index contributed by atoms with van der Waals surface area (Å²) in [6.07, 6.45) is 2.63. The zero-order valence-electron chi connectivity index (χ0n) is 7.62. The van der Waals surface area contributed by atoms with Gasteiger partial charge in [0.05, 0.1) is 0 Å². The maximum absolute atomic E-state index is 5.61. The molecule has 1 saturated carbocycles. The minimum Gasteiger partial charge on any atom is -0.382 e. The number of nitrogens with two attached hydrogens (primary N) is 1. The first kappa shape index (κ1) is 7.65. The third-order valence-corrected chi connectivity index (χ3v) is 2.93. The Kier molecular flexibility index (Phi) is 1.60. The van der Waals surface area contributed by atoms with E-state index in [9.17, 15) is 0 Å². The predicted molar refractivity (Wildman–Crippen MR) is 48.8 cm³/mol. The molecule has 1 aromatic rings. The topological polar surface area (TPSA) is 43.8 Å². The Morgan fingerprint density at radius 3 is 2.67 bits per heavy atom. The van der Waals surface area contributed by atoms with Gasteiger partial charge in [-0.25, -0.2) is 0 Å². The molecule has 66 valence electrons. The molecule has 1 aliphatic carbocycles.